The van der Waals surface area contributed by atoms with Gasteiger partial charge in [0.1, 0.15) is 0 Å². The minimum Gasteiger partial charge on any atom is -0.481 e. The van der Waals surface area contributed by atoms with Crippen molar-refractivity contribution >= 4 is 12.0 Å². The van der Waals surface area contributed by atoms with Gasteiger partial charge in [0.05, 0.1) is 12.0 Å². The van der Waals surface area contributed by atoms with Crippen LogP contribution >= 0.6 is 0 Å². The third-order valence-electron chi connectivity index (χ3n) is 5.09. The number of carboxylic acids is 1. The van der Waals surface area contributed by atoms with E-state index in [1.165, 1.54) is 0 Å². The molecule has 0 atom stereocenters. The summed E-state index contributed by atoms with van der Waals surface area (Å²) in [5.74, 6) is -0.411. The second-order valence-corrected chi connectivity index (χ2v) is 6.62. The normalized spacial score (nSPS) is 32.2. The fourth-order valence-corrected chi connectivity index (χ4v) is 3.53. The number of amides is 2. The Morgan fingerprint density at radius 3 is 2.23 bits per heavy atom. The average Bonchev–Trinajstić information content (AvgIpc) is 2.54. The highest BCUT2D eigenvalue weighted by molar-refractivity contribution is 5.74. The molecule has 0 spiro atoms. The molecule has 0 aliphatic heterocycles. The predicted molar refractivity (Wildman–Crippen MR) is 82.7 cm³/mol. The van der Waals surface area contributed by atoms with Crippen LogP contribution in [0.2, 0.25) is 0 Å². The maximum Gasteiger partial charge on any atom is 0.315 e. The molecule has 0 unspecified atom stereocenters. The van der Waals surface area contributed by atoms with Crippen LogP contribution in [0, 0.1) is 11.8 Å². The molecule has 2 aliphatic carbocycles. The highest BCUT2D eigenvalue weighted by Gasteiger charge is 2.27. The number of hydrogen-bond donors (Lipinski definition) is 3. The summed E-state index contributed by atoms with van der Waals surface area (Å²) in [7, 11) is 1.76. The Kier molecular flexibility index (Phi) is 6.49. The summed E-state index contributed by atoms with van der Waals surface area (Å²) in [6.45, 7) is 0.715. The van der Waals surface area contributed by atoms with Gasteiger partial charge >= 0.3 is 12.0 Å². The molecular formula is C16H28N2O4. The lowest BCUT2D eigenvalue weighted by Gasteiger charge is -2.29. The van der Waals surface area contributed by atoms with Crippen molar-refractivity contribution in [3.63, 3.8) is 0 Å². The van der Waals surface area contributed by atoms with E-state index in [2.05, 4.69) is 10.6 Å². The first-order valence-corrected chi connectivity index (χ1v) is 8.38. The van der Waals surface area contributed by atoms with Gasteiger partial charge in [-0.1, -0.05) is 0 Å². The molecule has 0 heterocycles. The number of ether oxygens (including phenoxy) is 1. The molecule has 3 N–H and O–H groups in total. The molecule has 6 nitrogen and oxygen atoms in total. The van der Waals surface area contributed by atoms with Crippen molar-refractivity contribution in [2.75, 3.05) is 13.7 Å². The highest BCUT2D eigenvalue weighted by Crippen LogP contribution is 2.26. The van der Waals surface area contributed by atoms with Crippen LogP contribution in [0.25, 0.3) is 0 Å². The minimum atomic E-state index is -0.713. The van der Waals surface area contributed by atoms with Crippen molar-refractivity contribution in [2.45, 2.75) is 63.5 Å². The van der Waals surface area contributed by atoms with Gasteiger partial charge in [0.2, 0.25) is 0 Å². The lowest BCUT2D eigenvalue weighted by atomic mass is 9.86. The third kappa shape index (κ3) is 5.16. The van der Waals surface area contributed by atoms with E-state index in [4.69, 9.17) is 9.84 Å². The molecule has 0 aromatic heterocycles. The smallest absolute Gasteiger partial charge is 0.315 e. The van der Waals surface area contributed by atoms with Crippen LogP contribution in [0.1, 0.15) is 51.4 Å². The van der Waals surface area contributed by atoms with Crippen molar-refractivity contribution in [2.24, 2.45) is 11.8 Å². The van der Waals surface area contributed by atoms with Crippen LogP contribution in [-0.2, 0) is 9.53 Å². The first-order chi connectivity index (χ1) is 10.6. The zero-order valence-electron chi connectivity index (χ0n) is 13.3. The van der Waals surface area contributed by atoms with E-state index in [0.29, 0.717) is 31.4 Å². The van der Waals surface area contributed by atoms with Crippen molar-refractivity contribution in [3.05, 3.63) is 0 Å². The number of hydrogen-bond acceptors (Lipinski definition) is 3. The number of carbonyl (C=O) groups excluding carboxylic acids is 1. The Morgan fingerprint density at radius 2 is 1.68 bits per heavy atom. The van der Waals surface area contributed by atoms with Crippen molar-refractivity contribution < 1.29 is 19.4 Å². The number of rotatable bonds is 5. The van der Waals surface area contributed by atoms with Crippen molar-refractivity contribution in [1.29, 1.82) is 0 Å². The van der Waals surface area contributed by atoms with Crippen LogP contribution < -0.4 is 10.6 Å². The van der Waals surface area contributed by atoms with Crippen LogP contribution in [0.4, 0.5) is 4.79 Å². The number of nitrogens with one attached hydrogen (secondary N) is 2. The van der Waals surface area contributed by atoms with Gasteiger partial charge in [-0.05, 0) is 57.3 Å². The van der Waals surface area contributed by atoms with E-state index in [-0.39, 0.29) is 18.0 Å². The SMILES string of the molecule is COC1CCC(CNC(=O)NC2CCC(C(=O)O)CC2)CC1. The van der Waals surface area contributed by atoms with Gasteiger partial charge in [-0.2, -0.15) is 0 Å². The van der Waals surface area contributed by atoms with Gasteiger partial charge in [-0.25, -0.2) is 4.79 Å². The van der Waals surface area contributed by atoms with E-state index in [0.717, 1.165) is 38.5 Å². The molecule has 0 aromatic rings. The number of carboxylic acid groups (broad SMARTS) is 1. The summed E-state index contributed by atoms with van der Waals surface area (Å²) in [5, 5.41) is 14.9. The van der Waals surface area contributed by atoms with Crippen molar-refractivity contribution in [1.82, 2.24) is 10.6 Å². The lowest BCUT2D eigenvalue weighted by Crippen LogP contribution is -2.45. The second-order valence-electron chi connectivity index (χ2n) is 6.62. The summed E-state index contributed by atoms with van der Waals surface area (Å²) in [4.78, 5) is 22.8. The molecule has 0 aromatic carbocycles. The molecule has 2 rings (SSSR count). The third-order valence-corrected chi connectivity index (χ3v) is 5.09. The maximum absolute atomic E-state index is 11.9. The van der Waals surface area contributed by atoms with Crippen molar-refractivity contribution in [3.8, 4) is 0 Å². The van der Waals surface area contributed by atoms with E-state index < -0.39 is 5.97 Å². The molecular weight excluding hydrogens is 284 g/mol. The molecule has 2 fully saturated rings. The molecule has 0 radical (unpaired) electrons. The number of aliphatic carboxylic acids is 1. The maximum atomic E-state index is 11.9. The molecule has 2 amide bonds. The van der Waals surface area contributed by atoms with Crippen LogP contribution in [0.15, 0.2) is 0 Å². The first kappa shape index (κ1) is 17.1. The Hall–Kier alpha value is -1.30. The van der Waals surface area contributed by atoms with Gasteiger partial charge in [0.25, 0.3) is 0 Å². The molecule has 0 bridgehead atoms. The number of urea groups is 1. The predicted octanol–water partition coefficient (Wildman–Crippen LogP) is 2.13. The standard InChI is InChI=1S/C16H28N2O4/c1-22-14-8-2-11(3-9-14)10-17-16(21)18-13-6-4-12(5-7-13)15(19)20/h11-14H,2-10H2,1H3,(H,19,20)(H2,17,18,21). The fraction of sp³-hybridized carbons (Fsp3) is 0.875. The Balaban J connectivity index is 1.60. The van der Waals surface area contributed by atoms with Gasteiger partial charge in [0.15, 0.2) is 0 Å². The molecule has 126 valence electrons. The van der Waals surface area contributed by atoms with E-state index in [1.54, 1.807) is 7.11 Å². The summed E-state index contributed by atoms with van der Waals surface area (Å²) in [6.07, 6.45) is 7.54. The quantitative estimate of drug-likeness (QED) is 0.726. The fourth-order valence-electron chi connectivity index (χ4n) is 3.53. The zero-order valence-corrected chi connectivity index (χ0v) is 13.3. The average molecular weight is 312 g/mol. The monoisotopic (exact) mass is 312 g/mol. The van der Waals surface area contributed by atoms with Gasteiger partial charge in [-0.15, -0.1) is 0 Å². The summed E-state index contributed by atoms with van der Waals surface area (Å²) < 4.78 is 5.35. The summed E-state index contributed by atoms with van der Waals surface area (Å²) >= 11 is 0. The van der Waals surface area contributed by atoms with Crippen LogP contribution in [0.5, 0.6) is 0 Å². The van der Waals surface area contributed by atoms with Crippen LogP contribution in [0.3, 0.4) is 0 Å². The first-order valence-electron chi connectivity index (χ1n) is 8.38. The largest absolute Gasteiger partial charge is 0.481 e. The molecule has 2 saturated carbocycles. The van der Waals surface area contributed by atoms with Crippen LogP contribution in [-0.4, -0.2) is 42.9 Å². The second kappa shape index (κ2) is 8.36. The highest BCUT2D eigenvalue weighted by atomic mass is 16.5. The minimum absolute atomic E-state index is 0.111. The lowest BCUT2D eigenvalue weighted by molar-refractivity contribution is -0.142. The Morgan fingerprint density at radius 1 is 1.05 bits per heavy atom. The summed E-state index contributed by atoms with van der Waals surface area (Å²) in [6, 6.07) is -0.00697. The van der Waals surface area contributed by atoms with Gasteiger partial charge < -0.3 is 20.5 Å². The number of carbonyl (C=O) groups is 2. The Labute approximate surface area is 132 Å². The molecule has 6 heteroatoms. The Bertz CT molecular complexity index is 372. The van der Waals surface area contributed by atoms with E-state index in [9.17, 15) is 9.59 Å². The number of methoxy groups -OCH3 is 1. The molecule has 0 saturated heterocycles. The molecule has 22 heavy (non-hydrogen) atoms. The summed E-state index contributed by atoms with van der Waals surface area (Å²) in [5.41, 5.74) is 0. The molecule has 2 aliphatic rings. The van der Waals surface area contributed by atoms with Gasteiger partial charge in [-0.3, -0.25) is 4.79 Å². The van der Waals surface area contributed by atoms with E-state index >= 15 is 0 Å². The topological polar surface area (TPSA) is 87.7 Å². The van der Waals surface area contributed by atoms with Gasteiger partial charge in [0, 0.05) is 19.7 Å². The zero-order chi connectivity index (χ0) is 15.9. The van der Waals surface area contributed by atoms with E-state index in [1.807, 2.05) is 0 Å².